The van der Waals surface area contributed by atoms with Crippen molar-refractivity contribution in [1.29, 1.82) is 0 Å². The van der Waals surface area contributed by atoms with Gasteiger partial charge in [-0.3, -0.25) is 0 Å². The molecule has 0 aliphatic carbocycles. The summed E-state index contributed by atoms with van der Waals surface area (Å²) in [6.45, 7) is 8.26. The molecule has 10 heteroatoms. The zero-order valence-corrected chi connectivity index (χ0v) is 16.1. The maximum atomic E-state index is 11.5. The smallest absolute Gasteiger partial charge is 0.330 e. The van der Waals surface area contributed by atoms with E-state index in [1.54, 1.807) is 0 Å². The summed E-state index contributed by atoms with van der Waals surface area (Å²) in [5, 5.41) is 10.5. The topological polar surface area (TPSA) is 135 Å². The van der Waals surface area contributed by atoms with E-state index < -0.39 is 11.9 Å². The highest BCUT2D eigenvalue weighted by Crippen LogP contribution is 1.97. The van der Waals surface area contributed by atoms with E-state index in [0.29, 0.717) is 13.1 Å². The highest BCUT2D eigenvalue weighted by molar-refractivity contribution is 5.81. The van der Waals surface area contributed by atoms with Gasteiger partial charge in [0, 0.05) is 25.2 Å². The van der Waals surface area contributed by atoms with Crippen molar-refractivity contribution in [2.75, 3.05) is 39.4 Å². The van der Waals surface area contributed by atoms with Gasteiger partial charge in [0.1, 0.15) is 13.2 Å². The van der Waals surface area contributed by atoms with Gasteiger partial charge in [0.2, 0.25) is 0 Å². The van der Waals surface area contributed by atoms with Crippen LogP contribution in [-0.2, 0) is 19.1 Å². The second-order valence-electron chi connectivity index (χ2n) is 5.52. The number of hydrogen-bond acceptors (Lipinski definition) is 6. The largest absolute Gasteiger partial charge is 0.461 e. The van der Waals surface area contributed by atoms with Crippen molar-refractivity contribution in [1.82, 2.24) is 21.3 Å². The Balaban J connectivity index is 3.38. The molecule has 0 atom stereocenters. The monoisotopic (exact) mass is 398 g/mol. The Labute approximate surface area is 165 Å². The van der Waals surface area contributed by atoms with Crippen LogP contribution in [0.3, 0.4) is 0 Å². The molecule has 0 aromatic rings. The average molecular weight is 398 g/mol. The number of nitrogens with one attached hydrogen (secondary N) is 4. The Kier molecular flexibility index (Phi) is 15.5. The van der Waals surface area contributed by atoms with Gasteiger partial charge in [-0.15, -0.1) is 0 Å². The molecule has 10 nitrogen and oxygen atoms in total. The molecule has 0 spiro atoms. The molecule has 0 heterocycles. The first-order valence-corrected chi connectivity index (χ1v) is 9.11. The van der Waals surface area contributed by atoms with Crippen LogP contribution in [0, 0.1) is 0 Å². The summed E-state index contributed by atoms with van der Waals surface area (Å²) >= 11 is 0. The summed E-state index contributed by atoms with van der Waals surface area (Å²) in [5.74, 6) is -1.05. The van der Waals surface area contributed by atoms with Crippen LogP contribution in [0.4, 0.5) is 9.59 Å². The molecule has 0 bridgehead atoms. The van der Waals surface area contributed by atoms with Crippen LogP contribution >= 0.6 is 0 Å². The van der Waals surface area contributed by atoms with Gasteiger partial charge in [0.25, 0.3) is 0 Å². The fourth-order valence-corrected chi connectivity index (χ4v) is 1.88. The highest BCUT2D eigenvalue weighted by atomic mass is 16.5. The molecule has 0 radical (unpaired) electrons. The number of rotatable bonds is 15. The van der Waals surface area contributed by atoms with E-state index in [1.165, 1.54) is 0 Å². The maximum absolute atomic E-state index is 11.5. The summed E-state index contributed by atoms with van der Waals surface area (Å²) in [6.07, 6.45) is 5.59. The van der Waals surface area contributed by atoms with Crippen LogP contribution < -0.4 is 21.3 Å². The molecule has 0 fully saturated rings. The molecule has 28 heavy (non-hydrogen) atoms. The number of carbonyl (C=O) groups is 4. The van der Waals surface area contributed by atoms with Gasteiger partial charge < -0.3 is 30.7 Å². The second-order valence-corrected chi connectivity index (χ2v) is 5.52. The van der Waals surface area contributed by atoms with E-state index in [0.717, 1.165) is 37.8 Å². The summed E-state index contributed by atoms with van der Waals surface area (Å²) in [5.41, 5.74) is 0. The predicted octanol–water partition coefficient (Wildman–Crippen LogP) is 0.604. The first kappa shape index (κ1) is 25.0. The first-order chi connectivity index (χ1) is 13.5. The van der Waals surface area contributed by atoms with E-state index in [4.69, 9.17) is 9.47 Å². The molecule has 4 N–H and O–H groups in total. The summed E-state index contributed by atoms with van der Waals surface area (Å²) < 4.78 is 9.45. The van der Waals surface area contributed by atoms with Crippen LogP contribution in [0.25, 0.3) is 0 Å². The van der Waals surface area contributed by atoms with Gasteiger partial charge >= 0.3 is 24.0 Å². The van der Waals surface area contributed by atoms with Crippen LogP contribution in [-0.4, -0.2) is 63.4 Å². The van der Waals surface area contributed by atoms with Crippen molar-refractivity contribution in [2.45, 2.75) is 25.7 Å². The highest BCUT2D eigenvalue weighted by Gasteiger charge is 2.01. The molecule has 0 aliphatic heterocycles. The molecule has 0 aromatic heterocycles. The van der Waals surface area contributed by atoms with Gasteiger partial charge in [-0.1, -0.05) is 26.0 Å². The first-order valence-electron chi connectivity index (χ1n) is 9.11. The lowest BCUT2D eigenvalue weighted by Crippen LogP contribution is -2.38. The molecule has 0 unspecified atom stereocenters. The van der Waals surface area contributed by atoms with Crippen LogP contribution in [0.1, 0.15) is 25.7 Å². The van der Waals surface area contributed by atoms with Crippen molar-refractivity contribution in [3.63, 3.8) is 0 Å². The third kappa shape index (κ3) is 16.4. The minimum atomic E-state index is -0.525. The number of urea groups is 2. The summed E-state index contributed by atoms with van der Waals surface area (Å²) in [6, 6.07) is -0.626. The van der Waals surface area contributed by atoms with E-state index in [9.17, 15) is 19.2 Å². The zero-order valence-electron chi connectivity index (χ0n) is 16.1. The second kappa shape index (κ2) is 17.4. The molecule has 4 amide bonds. The Morgan fingerprint density at radius 2 is 0.964 bits per heavy atom. The Hall–Kier alpha value is -3.04. The molecular formula is C18H30N4O6. The average Bonchev–Trinajstić information content (AvgIpc) is 2.69. The van der Waals surface area contributed by atoms with Gasteiger partial charge in [-0.25, -0.2) is 19.2 Å². The fraction of sp³-hybridized carbons (Fsp3) is 0.556. The quantitative estimate of drug-likeness (QED) is 0.181. The van der Waals surface area contributed by atoms with E-state index >= 15 is 0 Å². The summed E-state index contributed by atoms with van der Waals surface area (Å²) in [7, 11) is 0. The Morgan fingerprint density at radius 1 is 0.607 bits per heavy atom. The molecule has 0 saturated heterocycles. The van der Waals surface area contributed by atoms with Crippen molar-refractivity contribution in [3.05, 3.63) is 25.3 Å². The number of hydrogen-bond donors (Lipinski definition) is 4. The Morgan fingerprint density at radius 3 is 1.32 bits per heavy atom. The van der Waals surface area contributed by atoms with Crippen molar-refractivity contribution >= 4 is 24.0 Å². The van der Waals surface area contributed by atoms with Gasteiger partial charge in [0.15, 0.2) is 0 Å². The van der Waals surface area contributed by atoms with Crippen LogP contribution in [0.15, 0.2) is 25.3 Å². The lowest BCUT2D eigenvalue weighted by Gasteiger charge is -2.08. The minimum Gasteiger partial charge on any atom is -0.461 e. The molecular weight excluding hydrogens is 368 g/mol. The van der Waals surface area contributed by atoms with Crippen molar-refractivity contribution in [3.8, 4) is 0 Å². The van der Waals surface area contributed by atoms with E-state index in [1.807, 2.05) is 0 Å². The van der Waals surface area contributed by atoms with E-state index in [-0.39, 0.29) is 38.4 Å². The number of carbonyl (C=O) groups excluding carboxylic acids is 4. The number of unbranched alkanes of at least 4 members (excludes halogenated alkanes) is 3. The van der Waals surface area contributed by atoms with Crippen LogP contribution in [0.5, 0.6) is 0 Å². The number of amides is 4. The molecule has 0 rings (SSSR count). The third-order valence-electron chi connectivity index (χ3n) is 3.27. The third-order valence-corrected chi connectivity index (χ3v) is 3.27. The lowest BCUT2D eigenvalue weighted by atomic mass is 10.2. The molecule has 0 aliphatic rings. The Bertz CT molecular complexity index is 478. The maximum Gasteiger partial charge on any atom is 0.330 e. The molecule has 0 aromatic carbocycles. The summed E-state index contributed by atoms with van der Waals surface area (Å²) in [4.78, 5) is 44.5. The molecule has 158 valence electrons. The number of esters is 2. The van der Waals surface area contributed by atoms with Crippen molar-refractivity contribution in [2.24, 2.45) is 0 Å². The minimum absolute atomic E-state index is 0.0961. The van der Waals surface area contributed by atoms with Crippen LogP contribution in [0.2, 0.25) is 0 Å². The van der Waals surface area contributed by atoms with Gasteiger partial charge in [0.05, 0.1) is 13.1 Å². The number of ether oxygens (including phenoxy) is 2. The van der Waals surface area contributed by atoms with E-state index in [2.05, 4.69) is 34.4 Å². The standard InChI is InChI=1S/C18H30N4O6/c1-3-15(23)27-13-11-21-17(25)19-9-7-5-6-8-10-20-18(26)22-12-14-28-16(24)4-2/h3-4H,1-2,5-14H2,(H2,19,21,25)(H2,20,22,26). The normalized spacial score (nSPS) is 9.57. The predicted molar refractivity (Wildman–Crippen MR) is 104 cm³/mol. The fourth-order valence-electron chi connectivity index (χ4n) is 1.88. The SMILES string of the molecule is C=CC(=O)OCCNC(=O)NCCCCCCNC(=O)NCCOC(=O)C=C. The van der Waals surface area contributed by atoms with Crippen molar-refractivity contribution < 1.29 is 28.7 Å². The lowest BCUT2D eigenvalue weighted by molar-refractivity contribution is -0.138. The zero-order chi connectivity index (χ0) is 21.0. The molecule has 0 saturated carbocycles. The van der Waals surface area contributed by atoms with Gasteiger partial charge in [-0.05, 0) is 12.8 Å². The van der Waals surface area contributed by atoms with Gasteiger partial charge in [-0.2, -0.15) is 0 Å².